The summed E-state index contributed by atoms with van der Waals surface area (Å²) in [5, 5.41) is 73.2. The van der Waals surface area contributed by atoms with Gasteiger partial charge in [0.15, 0.2) is 0 Å². The van der Waals surface area contributed by atoms with Gasteiger partial charge in [0.25, 0.3) is 0 Å². The third-order valence-corrected chi connectivity index (χ3v) is 0. The molecule has 0 spiro atoms. The average molecular weight is 602 g/mol. The molecule has 0 aromatic heterocycles. The minimum absolute atomic E-state index is 0. The Hall–Kier alpha value is -3.72. The van der Waals surface area contributed by atoms with E-state index in [1.165, 1.54) is 69.2 Å². The summed E-state index contributed by atoms with van der Waals surface area (Å²) in [7, 11) is 0. The normalized spacial score (nSPS) is 2.50. The van der Waals surface area contributed by atoms with E-state index in [0.717, 1.165) is 0 Å². The van der Waals surface area contributed by atoms with Crippen molar-refractivity contribution in [3.63, 3.8) is 0 Å². The summed E-state index contributed by atoms with van der Waals surface area (Å²) < 4.78 is 0. The van der Waals surface area contributed by atoms with Gasteiger partial charge in [-0.15, -0.1) is 0 Å². The molecule has 0 aromatic rings. The van der Waals surface area contributed by atoms with Crippen molar-refractivity contribution in [2.75, 3.05) is 0 Å². The number of rotatable bonds is 0. The zero-order valence-electron chi connectivity index (χ0n) is 20.3. The molecule has 0 saturated carbocycles. The van der Waals surface area contributed by atoms with Crippen LogP contribution in [-0.4, -0.2) is 0 Å². The molecule has 0 rings (SSSR count). The van der Waals surface area contributed by atoms with Crippen LogP contribution in [0.1, 0.15) is 69.2 Å². The molecule has 0 aliphatic carbocycles. The quantitative estimate of drug-likeness (QED) is 0.324. The van der Waals surface area contributed by atoms with Crippen molar-refractivity contribution in [3.8, 4) is 60.7 Å². The fraction of sp³-hybridized carbons (Fsp3) is 0.500. The topological polar surface area (TPSA) is 238 Å². The van der Waals surface area contributed by atoms with Crippen LogP contribution >= 0.6 is 0 Å². The molecular weight excluding hydrogens is 572 g/mol. The second-order valence-corrected chi connectivity index (χ2v) is 2.24. The third kappa shape index (κ3) is 1210. The fourth-order valence-electron chi connectivity index (χ4n) is 0. The summed E-state index contributed by atoms with van der Waals surface area (Å²) in [6.07, 6.45) is 0. The minimum atomic E-state index is 0. The van der Waals surface area contributed by atoms with Crippen molar-refractivity contribution in [1.29, 1.82) is 52.6 Å². The second-order valence-electron chi connectivity index (χ2n) is 2.24. The first-order valence-corrected chi connectivity index (χ1v) is 7.24. The van der Waals surface area contributed by atoms with E-state index in [1.807, 2.05) is 0 Å². The van der Waals surface area contributed by atoms with Crippen LogP contribution in [0.25, 0.3) is 0 Å². The molecule has 0 bridgehead atoms. The van der Waals surface area contributed by atoms with Gasteiger partial charge in [-0.3, -0.25) is 0 Å². The molecule has 0 saturated heterocycles. The third-order valence-electron chi connectivity index (χ3n) is 0. The number of hydrogen-bond donors (Lipinski definition) is 0. The Labute approximate surface area is 223 Å². The largest absolute Gasteiger partial charge is 0.199 e. The predicted molar refractivity (Wildman–Crippen MR) is 113 cm³/mol. The zero-order valence-corrected chi connectivity index (χ0v) is 24.3. The summed E-state index contributed by atoms with van der Waals surface area (Å²) in [5.74, 6) is 0. The zero-order chi connectivity index (χ0) is 27.1. The van der Waals surface area contributed by atoms with Crippen molar-refractivity contribution in [1.82, 2.24) is 0 Å². The van der Waals surface area contributed by atoms with Crippen molar-refractivity contribution >= 4 is 0 Å². The molecule has 0 radical (unpaired) electrons. The van der Waals surface area contributed by atoms with E-state index in [2.05, 4.69) is 0 Å². The van der Waals surface area contributed by atoms with Crippen molar-refractivity contribution < 1.29 is 42.1 Å². The molecule has 0 N–H and O–H groups in total. The number of nitrogens with zero attached hydrogens (tertiary/aromatic N) is 10. The SMILES string of the molecule is CC#N.CC#N.CC#N.CC#N.CC#N.CC#N.CC#N.CC#N.CC#N.CC#N.[Mo].[Mo]. The van der Waals surface area contributed by atoms with Gasteiger partial charge in [-0.25, -0.2) is 0 Å². The molecule has 0 fully saturated rings. The molecule has 12 heteroatoms. The summed E-state index contributed by atoms with van der Waals surface area (Å²) in [5.41, 5.74) is 0. The van der Waals surface area contributed by atoms with Gasteiger partial charge in [0.1, 0.15) is 0 Å². The molecule has 32 heavy (non-hydrogen) atoms. The van der Waals surface area contributed by atoms with E-state index in [-0.39, 0.29) is 42.1 Å². The summed E-state index contributed by atoms with van der Waals surface area (Å²) in [4.78, 5) is 0. The van der Waals surface area contributed by atoms with Gasteiger partial charge < -0.3 is 0 Å². The molecule has 0 aliphatic rings. The maximum absolute atomic E-state index is 7.32. The Bertz CT molecular complexity index is 453. The monoisotopic (exact) mass is 606 g/mol. The van der Waals surface area contributed by atoms with Crippen LogP contribution in [0, 0.1) is 113 Å². The van der Waals surface area contributed by atoms with Gasteiger partial charge in [-0.05, 0) is 0 Å². The maximum atomic E-state index is 7.32. The van der Waals surface area contributed by atoms with Crippen LogP contribution in [-0.2, 0) is 42.1 Å². The van der Waals surface area contributed by atoms with Crippen molar-refractivity contribution in [2.24, 2.45) is 0 Å². The first kappa shape index (κ1) is 79.4. The van der Waals surface area contributed by atoms with Crippen LogP contribution in [0.4, 0.5) is 0 Å². The van der Waals surface area contributed by atoms with Crippen LogP contribution in [0.2, 0.25) is 0 Å². The van der Waals surface area contributed by atoms with Gasteiger partial charge in [-0.1, -0.05) is 0 Å². The Morgan fingerprint density at radius 1 is 0.219 bits per heavy atom. The van der Waals surface area contributed by atoms with E-state index in [1.54, 1.807) is 60.7 Å². The standard InChI is InChI=1S/10C2H3N.2Mo/c10*1-2-3;;/h10*1H3;;. The molecule has 0 aromatic carbocycles. The Kier molecular flexibility index (Phi) is 1190. The van der Waals surface area contributed by atoms with Gasteiger partial charge in [0.05, 0.1) is 60.7 Å². The van der Waals surface area contributed by atoms with E-state index >= 15 is 0 Å². The summed E-state index contributed by atoms with van der Waals surface area (Å²) >= 11 is 0. The van der Waals surface area contributed by atoms with Gasteiger partial charge >= 0.3 is 0 Å². The Morgan fingerprint density at radius 2 is 0.219 bits per heavy atom. The van der Waals surface area contributed by atoms with Crippen molar-refractivity contribution in [2.45, 2.75) is 69.2 Å². The predicted octanol–water partition coefficient (Wildman–Crippen LogP) is 5.29. The van der Waals surface area contributed by atoms with Crippen molar-refractivity contribution in [3.05, 3.63) is 0 Å². The maximum Gasteiger partial charge on any atom is 0.0587 e. The number of nitriles is 10. The van der Waals surface area contributed by atoms with Crippen LogP contribution < -0.4 is 0 Å². The summed E-state index contributed by atoms with van der Waals surface area (Å²) in [6.45, 7) is 14.3. The minimum Gasteiger partial charge on any atom is -0.199 e. The molecule has 172 valence electrons. The molecule has 0 amide bonds. The smallest absolute Gasteiger partial charge is 0.0587 e. The van der Waals surface area contributed by atoms with E-state index in [4.69, 9.17) is 52.6 Å². The molecule has 0 unspecified atom stereocenters. The first-order valence-electron chi connectivity index (χ1n) is 7.24. The second kappa shape index (κ2) is 478. The molecule has 0 aliphatic heterocycles. The van der Waals surface area contributed by atoms with Crippen LogP contribution in [0.3, 0.4) is 0 Å². The van der Waals surface area contributed by atoms with Gasteiger partial charge in [-0.2, -0.15) is 52.6 Å². The van der Waals surface area contributed by atoms with Gasteiger partial charge in [0.2, 0.25) is 0 Å². The molecule has 0 atom stereocenters. The molecule has 10 nitrogen and oxygen atoms in total. The van der Waals surface area contributed by atoms with E-state index in [0.29, 0.717) is 0 Å². The van der Waals surface area contributed by atoms with Crippen LogP contribution in [0.5, 0.6) is 0 Å². The molecule has 0 heterocycles. The molecular formula is C20H30Mo2N10. The summed E-state index contributed by atoms with van der Waals surface area (Å²) in [6, 6.07) is 17.5. The Morgan fingerprint density at radius 3 is 0.219 bits per heavy atom. The Balaban J connectivity index is -0.0000000138. The number of hydrogen-bond acceptors (Lipinski definition) is 10. The average Bonchev–Trinajstić information content (AvgIpc) is 2.61. The van der Waals surface area contributed by atoms with E-state index in [9.17, 15) is 0 Å². The first-order chi connectivity index (χ1) is 14.1. The van der Waals surface area contributed by atoms with Gasteiger partial charge in [0, 0.05) is 111 Å². The fourth-order valence-corrected chi connectivity index (χ4v) is 0. The van der Waals surface area contributed by atoms with Crippen LogP contribution in [0.15, 0.2) is 0 Å². The van der Waals surface area contributed by atoms with E-state index < -0.39 is 0 Å².